The molecule has 5 heterocycles. The number of carbonyl (C=O) groups is 2. The van der Waals surface area contributed by atoms with Gasteiger partial charge in [0.25, 0.3) is 11.8 Å². The van der Waals surface area contributed by atoms with Gasteiger partial charge in [0.2, 0.25) is 0 Å². The van der Waals surface area contributed by atoms with Crippen molar-refractivity contribution < 1.29 is 19.1 Å². The molecule has 2 aromatic heterocycles. The van der Waals surface area contributed by atoms with Gasteiger partial charge in [-0.15, -0.1) is 0 Å². The van der Waals surface area contributed by atoms with Crippen molar-refractivity contribution >= 4 is 33.6 Å². The molecular formula is C46H55N5O4. The summed E-state index contributed by atoms with van der Waals surface area (Å²) >= 11 is 0. The molecule has 3 aliphatic rings. The quantitative estimate of drug-likeness (QED) is 0.120. The lowest BCUT2D eigenvalue weighted by Crippen LogP contribution is -2.43. The molecule has 3 aromatic carbocycles. The van der Waals surface area contributed by atoms with E-state index in [1.165, 1.54) is 40.7 Å². The minimum Gasteiger partial charge on any atom is -0.488 e. The molecule has 2 saturated heterocycles. The monoisotopic (exact) mass is 741 g/mol. The fourth-order valence-corrected chi connectivity index (χ4v) is 7.87. The average Bonchev–Trinajstić information content (AvgIpc) is 3.47. The molecule has 0 bridgehead atoms. The first-order chi connectivity index (χ1) is 27.0. The number of imide groups is 1. The van der Waals surface area contributed by atoms with Gasteiger partial charge in [0.05, 0.1) is 11.1 Å². The number of nitrogens with one attached hydrogen (secondary N) is 1. The van der Waals surface area contributed by atoms with Crippen LogP contribution in [0.2, 0.25) is 0 Å². The number of piperidine rings is 2. The molecule has 0 atom stereocenters. The number of amides is 2. The standard InChI is InChI=1S/C28H31N3O3.C18H24N2O/c1-2-3-7-20-18-21-8-6-13-29-26(21)25(19-20)34-22-11-14-30(15-12-22)16-17-31-27(32)23-9-4-5-10-24(23)28(31)33;1-2-3-5-14-12-15-6-4-9-20-18(15)17(13-14)21-16-7-10-19-11-8-16/h4-6,8-10,13,18-19,22H,2-3,7,11-12,14-17H2,1H3;4,6,9,12-13,16,19H,2-3,5,7-8,10-11H2,1H3. The van der Waals surface area contributed by atoms with Gasteiger partial charge >= 0.3 is 0 Å². The van der Waals surface area contributed by atoms with Crippen molar-refractivity contribution in [3.63, 3.8) is 0 Å². The molecule has 2 amide bonds. The Kier molecular flexibility index (Phi) is 13.0. The highest BCUT2D eigenvalue weighted by molar-refractivity contribution is 6.21. The molecule has 288 valence electrons. The van der Waals surface area contributed by atoms with Gasteiger partial charge < -0.3 is 19.7 Å². The van der Waals surface area contributed by atoms with E-state index in [2.05, 4.69) is 70.4 Å². The van der Waals surface area contributed by atoms with E-state index >= 15 is 0 Å². The second-order valence-electron chi connectivity index (χ2n) is 15.1. The zero-order chi connectivity index (χ0) is 38.0. The second-order valence-corrected chi connectivity index (χ2v) is 15.1. The number of likely N-dealkylation sites (tertiary alicyclic amines) is 1. The van der Waals surface area contributed by atoms with Gasteiger partial charge in [-0.2, -0.15) is 0 Å². The van der Waals surface area contributed by atoms with Crippen molar-refractivity contribution in [2.45, 2.75) is 90.3 Å². The number of hydrogen-bond donors (Lipinski definition) is 1. The summed E-state index contributed by atoms with van der Waals surface area (Å²) in [7, 11) is 0. The van der Waals surface area contributed by atoms with Crippen LogP contribution in [-0.4, -0.2) is 83.1 Å². The predicted octanol–water partition coefficient (Wildman–Crippen LogP) is 8.43. The largest absolute Gasteiger partial charge is 0.488 e. The molecule has 0 saturated carbocycles. The normalized spacial score (nSPS) is 16.7. The van der Waals surface area contributed by atoms with Crippen molar-refractivity contribution in [3.8, 4) is 11.5 Å². The molecule has 5 aromatic rings. The number of nitrogens with zero attached hydrogens (tertiary/aromatic N) is 4. The number of hydrogen-bond acceptors (Lipinski definition) is 8. The van der Waals surface area contributed by atoms with Crippen molar-refractivity contribution in [2.24, 2.45) is 0 Å². The van der Waals surface area contributed by atoms with E-state index < -0.39 is 0 Å². The van der Waals surface area contributed by atoms with Gasteiger partial charge in [-0.1, -0.05) is 51.0 Å². The minimum atomic E-state index is -0.179. The van der Waals surface area contributed by atoms with E-state index in [1.807, 2.05) is 24.5 Å². The SMILES string of the molecule is CCCCc1cc(OC2CCN(CCN3C(=O)c4ccccc4C3=O)CC2)c2ncccc2c1.CCCCc1cc(OC2CCNCC2)c2ncccc2c1. The van der Waals surface area contributed by atoms with Crippen molar-refractivity contribution in [2.75, 3.05) is 39.3 Å². The number of benzene rings is 3. The zero-order valence-corrected chi connectivity index (χ0v) is 32.5. The lowest BCUT2D eigenvalue weighted by atomic mass is 10.0. The Morgan fingerprint density at radius 2 is 1.16 bits per heavy atom. The predicted molar refractivity (Wildman–Crippen MR) is 219 cm³/mol. The van der Waals surface area contributed by atoms with Crippen molar-refractivity contribution in [1.29, 1.82) is 0 Å². The summed E-state index contributed by atoms with van der Waals surface area (Å²) in [6, 6.07) is 24.1. The third-order valence-electron chi connectivity index (χ3n) is 11.0. The number of carbonyl (C=O) groups excluding carboxylic acids is 2. The molecule has 0 unspecified atom stereocenters. The van der Waals surface area contributed by atoms with E-state index in [9.17, 15) is 9.59 Å². The number of rotatable bonds is 13. The average molecular weight is 742 g/mol. The number of pyridine rings is 2. The van der Waals surface area contributed by atoms with Gasteiger partial charge in [-0.05, 0) is 124 Å². The third kappa shape index (κ3) is 9.51. The summed E-state index contributed by atoms with van der Waals surface area (Å²) in [6.07, 6.45) is 15.0. The first-order valence-electron chi connectivity index (χ1n) is 20.5. The fourth-order valence-electron chi connectivity index (χ4n) is 7.87. The topological polar surface area (TPSA) is 96.9 Å². The minimum absolute atomic E-state index is 0.141. The number of fused-ring (bicyclic) bond motifs is 3. The lowest BCUT2D eigenvalue weighted by molar-refractivity contribution is 0.0600. The molecular weight excluding hydrogens is 687 g/mol. The summed E-state index contributed by atoms with van der Waals surface area (Å²) < 4.78 is 12.8. The van der Waals surface area contributed by atoms with Gasteiger partial charge in [-0.25, -0.2) is 0 Å². The van der Waals surface area contributed by atoms with E-state index in [4.69, 9.17) is 9.47 Å². The van der Waals surface area contributed by atoms with Crippen LogP contribution in [-0.2, 0) is 12.8 Å². The first-order valence-corrected chi connectivity index (χ1v) is 20.5. The number of unbranched alkanes of at least 4 members (excludes halogenated alkanes) is 2. The lowest BCUT2D eigenvalue weighted by Gasteiger charge is -2.33. The number of aromatic nitrogens is 2. The zero-order valence-electron chi connectivity index (χ0n) is 32.5. The highest BCUT2D eigenvalue weighted by Crippen LogP contribution is 2.31. The summed E-state index contributed by atoms with van der Waals surface area (Å²) in [5, 5.41) is 5.70. The molecule has 9 heteroatoms. The maximum atomic E-state index is 12.6. The first kappa shape index (κ1) is 38.4. The molecule has 0 radical (unpaired) electrons. The molecule has 3 aliphatic heterocycles. The molecule has 55 heavy (non-hydrogen) atoms. The number of aryl methyl sites for hydroxylation is 2. The smallest absolute Gasteiger partial charge is 0.261 e. The van der Waals surface area contributed by atoms with Crippen LogP contribution in [0.15, 0.2) is 85.2 Å². The highest BCUT2D eigenvalue weighted by atomic mass is 16.5. The van der Waals surface area contributed by atoms with Crippen LogP contribution < -0.4 is 14.8 Å². The molecule has 0 spiro atoms. The Morgan fingerprint density at radius 3 is 1.67 bits per heavy atom. The van der Waals surface area contributed by atoms with Crippen LogP contribution in [0.25, 0.3) is 21.8 Å². The molecule has 9 nitrogen and oxygen atoms in total. The Hall–Kier alpha value is -4.86. The fraction of sp³-hybridized carbons (Fsp3) is 0.435. The van der Waals surface area contributed by atoms with Crippen LogP contribution in [0.4, 0.5) is 0 Å². The third-order valence-corrected chi connectivity index (χ3v) is 11.0. The van der Waals surface area contributed by atoms with Gasteiger partial charge in [0.1, 0.15) is 34.7 Å². The van der Waals surface area contributed by atoms with E-state index in [-0.39, 0.29) is 17.9 Å². The van der Waals surface area contributed by atoms with Crippen LogP contribution in [0.5, 0.6) is 11.5 Å². The van der Waals surface area contributed by atoms with Crippen LogP contribution in [0.3, 0.4) is 0 Å². The molecule has 8 rings (SSSR count). The van der Waals surface area contributed by atoms with Gasteiger partial charge in [0, 0.05) is 49.3 Å². The van der Waals surface area contributed by atoms with E-state index in [0.29, 0.717) is 30.3 Å². The summed E-state index contributed by atoms with van der Waals surface area (Å²) in [4.78, 5) is 38.0. The molecule has 1 N–H and O–H groups in total. The highest BCUT2D eigenvalue weighted by Gasteiger charge is 2.35. The summed E-state index contributed by atoms with van der Waals surface area (Å²) in [5.41, 5.74) is 5.62. The Morgan fingerprint density at radius 1 is 0.655 bits per heavy atom. The maximum absolute atomic E-state index is 12.6. The Balaban J connectivity index is 0.000000190. The van der Waals surface area contributed by atoms with Crippen molar-refractivity contribution in [3.05, 3.63) is 107 Å². The molecule has 0 aliphatic carbocycles. The number of ether oxygens (including phenoxy) is 2. The van der Waals surface area contributed by atoms with Crippen LogP contribution in [0, 0.1) is 0 Å². The van der Waals surface area contributed by atoms with Gasteiger partial charge in [-0.3, -0.25) is 24.5 Å². The molecule has 2 fully saturated rings. The van der Waals surface area contributed by atoms with Crippen LogP contribution in [0.1, 0.15) is 97.1 Å². The second kappa shape index (κ2) is 18.7. The van der Waals surface area contributed by atoms with Gasteiger partial charge in [0.15, 0.2) is 0 Å². The Bertz CT molecular complexity index is 2040. The van der Waals surface area contributed by atoms with Crippen molar-refractivity contribution in [1.82, 2.24) is 25.1 Å². The Labute approximate surface area is 325 Å². The maximum Gasteiger partial charge on any atom is 0.261 e. The van der Waals surface area contributed by atoms with E-state index in [0.717, 1.165) is 99.0 Å². The summed E-state index contributed by atoms with van der Waals surface area (Å²) in [6.45, 7) is 9.42. The van der Waals surface area contributed by atoms with E-state index in [1.54, 1.807) is 24.3 Å². The summed E-state index contributed by atoms with van der Waals surface area (Å²) in [5.74, 6) is 1.49. The van der Waals surface area contributed by atoms with Crippen LogP contribution >= 0.6 is 0 Å².